The topological polar surface area (TPSA) is 92.2 Å². The normalized spacial score (nSPS) is 9.94. The Balaban J connectivity index is 2.25. The molecule has 0 fully saturated rings. The molecule has 0 bridgehead atoms. The number of carboxylic acids is 1. The van der Waals surface area contributed by atoms with Crippen LogP contribution >= 0.6 is 15.9 Å². The monoisotopic (exact) mass is 301 g/mol. The van der Waals surface area contributed by atoms with Crippen molar-refractivity contribution in [2.75, 3.05) is 5.32 Å². The van der Waals surface area contributed by atoms with Crippen LogP contribution < -0.4 is 5.32 Å². The van der Waals surface area contributed by atoms with Crippen molar-refractivity contribution in [3.8, 4) is 0 Å². The second-order valence-corrected chi connectivity index (χ2v) is 4.19. The van der Waals surface area contributed by atoms with Crippen molar-refractivity contribution in [1.82, 2.24) is 9.97 Å². The molecule has 92 valence electrons. The first-order valence-corrected chi connectivity index (χ1v) is 5.86. The summed E-state index contributed by atoms with van der Waals surface area (Å²) in [5, 5.41) is 11.0. The molecule has 0 aromatic carbocycles. The highest BCUT2D eigenvalue weighted by atomic mass is 79.9. The van der Waals surface area contributed by atoms with Crippen LogP contribution in [0.1, 0.15) is 25.7 Å². The third-order valence-electron chi connectivity index (χ3n) is 1.93. The number of nitrogens with one attached hydrogen (secondary N) is 1. The summed E-state index contributed by atoms with van der Waals surface area (Å²) in [6.45, 7) is 0. The predicted molar refractivity (Wildman–Crippen MR) is 64.5 cm³/mol. The van der Waals surface area contributed by atoms with Crippen LogP contribution in [0.15, 0.2) is 17.0 Å². The second kappa shape index (κ2) is 6.95. The van der Waals surface area contributed by atoms with Gasteiger partial charge in [0.15, 0.2) is 5.82 Å². The molecule has 0 aliphatic heterocycles. The lowest BCUT2D eigenvalue weighted by Crippen LogP contribution is -2.12. The minimum atomic E-state index is -0.843. The number of aromatic nitrogens is 2. The van der Waals surface area contributed by atoms with Gasteiger partial charge in [0.25, 0.3) is 0 Å². The number of unbranched alkanes of at least 4 members (excludes halogenated alkanes) is 1. The van der Waals surface area contributed by atoms with E-state index >= 15 is 0 Å². The Morgan fingerprint density at radius 2 is 1.94 bits per heavy atom. The predicted octanol–water partition coefficient (Wildman–Crippen LogP) is 1.82. The molecule has 0 unspecified atom stereocenters. The number of hydrogen-bond donors (Lipinski definition) is 2. The van der Waals surface area contributed by atoms with E-state index in [2.05, 4.69) is 31.2 Å². The third-order valence-corrected chi connectivity index (χ3v) is 2.34. The maximum atomic E-state index is 11.4. The molecule has 6 nitrogen and oxygen atoms in total. The van der Waals surface area contributed by atoms with Gasteiger partial charge in [0.1, 0.15) is 4.60 Å². The highest BCUT2D eigenvalue weighted by Crippen LogP contribution is 2.07. The van der Waals surface area contributed by atoms with Crippen LogP contribution in [-0.4, -0.2) is 27.0 Å². The van der Waals surface area contributed by atoms with Gasteiger partial charge in [-0.15, -0.1) is 0 Å². The van der Waals surface area contributed by atoms with Gasteiger partial charge in [-0.3, -0.25) is 9.59 Å². The van der Waals surface area contributed by atoms with Crippen LogP contribution in [0.5, 0.6) is 0 Å². The largest absolute Gasteiger partial charge is 0.481 e. The molecule has 0 radical (unpaired) electrons. The van der Waals surface area contributed by atoms with Gasteiger partial charge in [-0.1, -0.05) is 0 Å². The summed E-state index contributed by atoms with van der Waals surface area (Å²) in [5.74, 6) is -0.646. The Labute approximate surface area is 107 Å². The third kappa shape index (κ3) is 5.96. The average molecular weight is 302 g/mol. The van der Waals surface area contributed by atoms with Crippen molar-refractivity contribution >= 4 is 33.6 Å². The van der Waals surface area contributed by atoms with E-state index in [-0.39, 0.29) is 18.7 Å². The average Bonchev–Trinajstić information content (AvgIpc) is 2.27. The molecule has 1 amide bonds. The zero-order valence-corrected chi connectivity index (χ0v) is 10.6. The van der Waals surface area contributed by atoms with Gasteiger partial charge in [-0.05, 0) is 28.8 Å². The van der Waals surface area contributed by atoms with E-state index < -0.39 is 5.97 Å². The summed E-state index contributed by atoms with van der Waals surface area (Å²) in [6, 6.07) is 0. The lowest BCUT2D eigenvalue weighted by Gasteiger charge is -2.03. The molecule has 7 heteroatoms. The van der Waals surface area contributed by atoms with E-state index in [4.69, 9.17) is 5.11 Å². The van der Waals surface area contributed by atoms with E-state index in [1.807, 2.05) is 0 Å². The lowest BCUT2D eigenvalue weighted by atomic mass is 10.2. The Hall–Kier alpha value is -1.50. The van der Waals surface area contributed by atoms with Crippen molar-refractivity contribution in [2.45, 2.75) is 25.7 Å². The summed E-state index contributed by atoms with van der Waals surface area (Å²) in [4.78, 5) is 29.5. The van der Waals surface area contributed by atoms with E-state index in [1.165, 1.54) is 12.4 Å². The Morgan fingerprint density at radius 3 is 2.53 bits per heavy atom. The fraction of sp³-hybridized carbons (Fsp3) is 0.400. The SMILES string of the molecule is O=C(O)CCCCC(=O)Nc1cnc(Br)cn1. The smallest absolute Gasteiger partial charge is 0.303 e. The standard InChI is InChI=1S/C10H12BrN3O3/c11-7-5-13-8(6-12-7)14-9(15)3-1-2-4-10(16)17/h5-6H,1-4H2,(H,16,17)(H,13,14,15). The fourth-order valence-electron chi connectivity index (χ4n) is 1.14. The number of carbonyl (C=O) groups is 2. The zero-order valence-electron chi connectivity index (χ0n) is 9.02. The molecule has 0 aliphatic rings. The van der Waals surface area contributed by atoms with Crippen LogP contribution in [0.4, 0.5) is 5.82 Å². The van der Waals surface area contributed by atoms with E-state index in [1.54, 1.807) is 0 Å². The Kier molecular flexibility index (Phi) is 5.55. The molecule has 1 aromatic heterocycles. The molecule has 1 aromatic rings. The summed E-state index contributed by atoms with van der Waals surface area (Å²) in [6.07, 6.45) is 4.34. The van der Waals surface area contributed by atoms with Gasteiger partial charge in [0.2, 0.25) is 5.91 Å². The summed E-state index contributed by atoms with van der Waals surface area (Å²) in [5.41, 5.74) is 0. The molecular formula is C10H12BrN3O3. The molecule has 2 N–H and O–H groups in total. The van der Waals surface area contributed by atoms with E-state index in [0.717, 1.165) is 0 Å². The molecule has 1 rings (SSSR count). The number of halogens is 1. The van der Waals surface area contributed by atoms with Crippen LogP contribution in [0, 0.1) is 0 Å². The highest BCUT2D eigenvalue weighted by molar-refractivity contribution is 9.10. The van der Waals surface area contributed by atoms with Gasteiger partial charge >= 0.3 is 5.97 Å². The van der Waals surface area contributed by atoms with Crippen LogP contribution in [0.25, 0.3) is 0 Å². The van der Waals surface area contributed by atoms with Crippen molar-refractivity contribution in [3.05, 3.63) is 17.0 Å². The Morgan fingerprint density at radius 1 is 1.24 bits per heavy atom. The van der Waals surface area contributed by atoms with E-state index in [0.29, 0.717) is 23.3 Å². The summed E-state index contributed by atoms with van der Waals surface area (Å²) in [7, 11) is 0. The number of anilines is 1. The molecule has 0 saturated heterocycles. The molecule has 0 aliphatic carbocycles. The van der Waals surface area contributed by atoms with Crippen LogP contribution in [0.2, 0.25) is 0 Å². The first-order valence-electron chi connectivity index (χ1n) is 5.07. The quantitative estimate of drug-likeness (QED) is 0.782. The van der Waals surface area contributed by atoms with Crippen molar-refractivity contribution < 1.29 is 14.7 Å². The lowest BCUT2D eigenvalue weighted by molar-refractivity contribution is -0.137. The maximum Gasteiger partial charge on any atom is 0.303 e. The van der Waals surface area contributed by atoms with Gasteiger partial charge in [0.05, 0.1) is 12.4 Å². The molecule has 0 spiro atoms. The van der Waals surface area contributed by atoms with Crippen molar-refractivity contribution in [2.24, 2.45) is 0 Å². The molecule has 17 heavy (non-hydrogen) atoms. The van der Waals surface area contributed by atoms with E-state index in [9.17, 15) is 9.59 Å². The first-order chi connectivity index (χ1) is 8.08. The Bertz CT molecular complexity index is 394. The molecule has 0 saturated carbocycles. The fourth-order valence-corrected chi connectivity index (χ4v) is 1.35. The first kappa shape index (κ1) is 13.6. The van der Waals surface area contributed by atoms with Crippen molar-refractivity contribution in [3.63, 3.8) is 0 Å². The zero-order chi connectivity index (χ0) is 12.7. The molecule has 1 heterocycles. The minimum Gasteiger partial charge on any atom is -0.481 e. The van der Waals surface area contributed by atoms with Crippen molar-refractivity contribution in [1.29, 1.82) is 0 Å². The molecular weight excluding hydrogens is 290 g/mol. The number of nitrogens with zero attached hydrogens (tertiary/aromatic N) is 2. The van der Waals surface area contributed by atoms with Crippen LogP contribution in [-0.2, 0) is 9.59 Å². The number of carboxylic acid groups (broad SMARTS) is 1. The highest BCUT2D eigenvalue weighted by Gasteiger charge is 2.04. The number of amides is 1. The molecule has 0 atom stereocenters. The minimum absolute atomic E-state index is 0.0887. The van der Waals surface area contributed by atoms with Crippen LogP contribution in [0.3, 0.4) is 0 Å². The van der Waals surface area contributed by atoms with Gasteiger partial charge < -0.3 is 10.4 Å². The summed E-state index contributed by atoms with van der Waals surface area (Å²) < 4.78 is 0.594. The summed E-state index contributed by atoms with van der Waals surface area (Å²) >= 11 is 3.13. The number of rotatable bonds is 6. The van der Waals surface area contributed by atoms with Gasteiger partial charge in [-0.25, -0.2) is 9.97 Å². The second-order valence-electron chi connectivity index (χ2n) is 3.37. The van der Waals surface area contributed by atoms with Gasteiger partial charge in [-0.2, -0.15) is 0 Å². The maximum absolute atomic E-state index is 11.4. The number of aliphatic carboxylic acids is 1. The van der Waals surface area contributed by atoms with Gasteiger partial charge in [0, 0.05) is 12.8 Å². The number of hydrogen-bond acceptors (Lipinski definition) is 4. The number of carbonyl (C=O) groups excluding carboxylic acids is 1.